The number of rotatable bonds is 11. The van der Waals surface area contributed by atoms with Crippen molar-refractivity contribution in [3.8, 4) is 0 Å². The predicted molar refractivity (Wildman–Crippen MR) is 102 cm³/mol. The molecule has 7 heteroatoms. The number of alkyl halides is 1. The Morgan fingerprint density at radius 3 is 2.78 bits per heavy atom. The molecule has 1 radical (unpaired) electrons. The third-order valence-corrected chi connectivity index (χ3v) is 5.25. The van der Waals surface area contributed by atoms with Gasteiger partial charge in [0.1, 0.15) is 11.9 Å². The van der Waals surface area contributed by atoms with E-state index < -0.39 is 24.3 Å². The summed E-state index contributed by atoms with van der Waals surface area (Å²) in [5.74, 6) is -0.957. The molecule has 0 aromatic carbocycles. The van der Waals surface area contributed by atoms with Crippen LogP contribution in [0.25, 0.3) is 0 Å². The number of aliphatic hydroxyl groups excluding tert-OH is 2. The zero-order valence-corrected chi connectivity index (χ0v) is 18.4. The van der Waals surface area contributed by atoms with Gasteiger partial charge in [-0.05, 0) is 25.3 Å². The van der Waals surface area contributed by atoms with E-state index >= 15 is 0 Å². The van der Waals surface area contributed by atoms with Crippen LogP contribution >= 0.6 is 0 Å². The third kappa shape index (κ3) is 7.50. The summed E-state index contributed by atoms with van der Waals surface area (Å²) in [5, 5.41) is 28.9. The molecule has 5 nitrogen and oxygen atoms in total. The first-order chi connectivity index (χ1) is 12.4. The standard InChI is InChI=1S/C20H31FO5.Na/c1-2-3-4-6-13(22)9-10-14-15-11-19(26-18(15)12-17(14)23)16(21)7-5-8-20(24)25;/h9-11,13-18,22-23H,2-8,12H2,1H3,(H,24,25);/b10-9+;/t13-,14+,15+,16-,17+,18-;/m0./s1. The Morgan fingerprint density at radius 2 is 2.11 bits per heavy atom. The van der Waals surface area contributed by atoms with Gasteiger partial charge in [0.25, 0.3) is 0 Å². The van der Waals surface area contributed by atoms with E-state index in [2.05, 4.69) is 6.92 Å². The Kier molecular flexibility index (Phi) is 11.2. The van der Waals surface area contributed by atoms with Crippen molar-refractivity contribution >= 4 is 35.5 Å². The summed E-state index contributed by atoms with van der Waals surface area (Å²) in [7, 11) is 0. The smallest absolute Gasteiger partial charge is 0.303 e. The van der Waals surface area contributed by atoms with Crippen LogP contribution in [0.15, 0.2) is 24.0 Å². The molecule has 1 aliphatic heterocycles. The molecule has 0 aromatic heterocycles. The van der Waals surface area contributed by atoms with Gasteiger partial charge >= 0.3 is 5.97 Å². The number of aliphatic carboxylic acids is 1. The van der Waals surface area contributed by atoms with Gasteiger partial charge in [0.2, 0.25) is 0 Å². The number of carboxylic acid groups (broad SMARTS) is 1. The molecule has 6 atom stereocenters. The van der Waals surface area contributed by atoms with E-state index in [1.807, 2.05) is 6.08 Å². The molecule has 2 rings (SSSR count). The van der Waals surface area contributed by atoms with Crippen LogP contribution in [-0.2, 0) is 9.53 Å². The number of carbonyl (C=O) groups is 1. The van der Waals surface area contributed by atoms with E-state index in [4.69, 9.17) is 9.84 Å². The van der Waals surface area contributed by atoms with Gasteiger partial charge < -0.3 is 20.1 Å². The van der Waals surface area contributed by atoms with E-state index in [0.29, 0.717) is 12.8 Å². The second kappa shape index (κ2) is 12.2. The van der Waals surface area contributed by atoms with E-state index in [9.17, 15) is 19.4 Å². The summed E-state index contributed by atoms with van der Waals surface area (Å²) in [4.78, 5) is 10.5. The first-order valence-electron chi connectivity index (χ1n) is 9.71. The second-order valence-corrected chi connectivity index (χ2v) is 7.38. The summed E-state index contributed by atoms with van der Waals surface area (Å²) in [6, 6.07) is 0. The quantitative estimate of drug-likeness (QED) is 0.285. The van der Waals surface area contributed by atoms with Crippen LogP contribution in [0.1, 0.15) is 58.3 Å². The number of fused-ring (bicyclic) bond motifs is 1. The van der Waals surface area contributed by atoms with Gasteiger partial charge in [-0.2, -0.15) is 0 Å². The average molecular weight is 393 g/mol. The number of hydrogen-bond acceptors (Lipinski definition) is 4. The minimum absolute atomic E-state index is 0. The Balaban J connectivity index is 0.00000364. The molecule has 0 amide bonds. The van der Waals surface area contributed by atoms with Crippen LogP contribution in [0.2, 0.25) is 0 Å². The molecule has 1 aliphatic carbocycles. The van der Waals surface area contributed by atoms with Crippen molar-refractivity contribution in [3.63, 3.8) is 0 Å². The molecule has 0 saturated heterocycles. The van der Waals surface area contributed by atoms with Crippen molar-refractivity contribution in [1.82, 2.24) is 0 Å². The van der Waals surface area contributed by atoms with Crippen LogP contribution in [-0.4, -0.2) is 75.3 Å². The number of hydrogen-bond donors (Lipinski definition) is 3. The predicted octanol–water partition coefficient (Wildman–Crippen LogP) is 2.98. The molecular weight excluding hydrogens is 362 g/mol. The Bertz CT molecular complexity index is 525. The fourth-order valence-electron chi connectivity index (χ4n) is 3.77. The van der Waals surface area contributed by atoms with Crippen LogP contribution in [0.3, 0.4) is 0 Å². The molecule has 27 heavy (non-hydrogen) atoms. The fraction of sp³-hybridized carbons (Fsp3) is 0.750. The summed E-state index contributed by atoms with van der Waals surface area (Å²) in [6.07, 6.45) is 7.30. The van der Waals surface area contributed by atoms with Crippen molar-refractivity contribution in [2.75, 3.05) is 0 Å². The molecule has 2 aliphatic rings. The molecule has 0 bridgehead atoms. The number of ether oxygens (including phenoxy) is 1. The molecular formula is C20H31FNaO5. The van der Waals surface area contributed by atoms with E-state index in [0.717, 1.165) is 19.3 Å². The van der Waals surface area contributed by atoms with Gasteiger partial charge in [-0.25, -0.2) is 4.39 Å². The molecule has 1 heterocycles. The minimum Gasteiger partial charge on any atom is -0.491 e. The molecule has 0 spiro atoms. The molecule has 1 saturated carbocycles. The van der Waals surface area contributed by atoms with Gasteiger partial charge in [-0.1, -0.05) is 38.3 Å². The summed E-state index contributed by atoms with van der Waals surface area (Å²) >= 11 is 0. The van der Waals surface area contributed by atoms with Crippen LogP contribution in [0.5, 0.6) is 0 Å². The van der Waals surface area contributed by atoms with Crippen molar-refractivity contribution in [2.24, 2.45) is 11.8 Å². The number of aliphatic hydroxyl groups is 2. The zero-order chi connectivity index (χ0) is 19.1. The van der Waals surface area contributed by atoms with Crippen molar-refractivity contribution < 1.29 is 29.2 Å². The minimum atomic E-state index is -1.30. The maximum atomic E-state index is 14.3. The van der Waals surface area contributed by atoms with E-state index in [-0.39, 0.29) is 72.5 Å². The maximum Gasteiger partial charge on any atom is 0.303 e. The third-order valence-electron chi connectivity index (χ3n) is 5.25. The summed E-state index contributed by atoms with van der Waals surface area (Å²) in [6.45, 7) is 2.11. The number of unbranched alkanes of at least 4 members (excludes halogenated alkanes) is 2. The topological polar surface area (TPSA) is 87.0 Å². The van der Waals surface area contributed by atoms with Crippen LogP contribution < -0.4 is 0 Å². The normalized spacial score (nSPS) is 29.0. The van der Waals surface area contributed by atoms with Gasteiger partial charge in [-0.3, -0.25) is 4.79 Å². The molecule has 0 unspecified atom stereocenters. The fourth-order valence-corrected chi connectivity index (χ4v) is 3.77. The van der Waals surface area contributed by atoms with Crippen molar-refractivity contribution in [1.29, 1.82) is 0 Å². The summed E-state index contributed by atoms with van der Waals surface area (Å²) in [5.41, 5.74) is 0. The largest absolute Gasteiger partial charge is 0.491 e. The average Bonchev–Trinajstić information content (AvgIpc) is 3.10. The first kappa shape index (κ1) is 24.6. The Hall–Kier alpha value is -0.400. The Morgan fingerprint density at radius 1 is 1.37 bits per heavy atom. The molecule has 1 fully saturated rings. The SMILES string of the molecule is CCCCC[C@H](O)/C=C/[C@@H]1[C@H]2C=C([C@@H](F)CCCC(=O)O)O[C@H]2C[C@H]1O.[Na]. The molecule has 0 aromatic rings. The van der Waals surface area contributed by atoms with E-state index in [1.165, 1.54) is 0 Å². The van der Waals surface area contributed by atoms with E-state index in [1.54, 1.807) is 12.2 Å². The van der Waals surface area contributed by atoms with Gasteiger partial charge in [0.15, 0.2) is 6.17 Å². The maximum absolute atomic E-state index is 14.3. The van der Waals surface area contributed by atoms with Crippen molar-refractivity contribution in [3.05, 3.63) is 24.0 Å². The Labute approximate surface area is 183 Å². The zero-order valence-electron chi connectivity index (χ0n) is 16.4. The second-order valence-electron chi connectivity index (χ2n) is 7.38. The first-order valence-corrected chi connectivity index (χ1v) is 9.71. The number of carboxylic acids is 1. The van der Waals surface area contributed by atoms with Gasteiger partial charge in [0, 0.05) is 54.2 Å². The van der Waals surface area contributed by atoms with Crippen molar-refractivity contribution in [2.45, 2.75) is 82.8 Å². The molecule has 149 valence electrons. The number of allylic oxidation sites excluding steroid dienone is 1. The van der Waals surface area contributed by atoms with Crippen LogP contribution in [0.4, 0.5) is 4.39 Å². The van der Waals surface area contributed by atoms with Gasteiger partial charge in [-0.15, -0.1) is 0 Å². The number of halogens is 1. The van der Waals surface area contributed by atoms with Crippen LogP contribution in [0, 0.1) is 11.8 Å². The summed E-state index contributed by atoms with van der Waals surface area (Å²) < 4.78 is 19.9. The monoisotopic (exact) mass is 393 g/mol. The molecule has 3 N–H and O–H groups in total. The van der Waals surface area contributed by atoms with Gasteiger partial charge in [0.05, 0.1) is 12.2 Å².